The predicted octanol–water partition coefficient (Wildman–Crippen LogP) is 3.94. The minimum Gasteiger partial charge on any atom is -0.411 e. The lowest BCUT2D eigenvalue weighted by Gasteiger charge is -2.13. The van der Waals surface area contributed by atoms with Crippen molar-refractivity contribution in [2.45, 2.75) is 37.7 Å². The summed E-state index contributed by atoms with van der Waals surface area (Å²) in [5.74, 6) is 0.580. The molecule has 4 heteroatoms. The molecule has 0 aliphatic rings. The lowest BCUT2D eigenvalue weighted by atomic mass is 10.1. The molecule has 2 rings (SSSR count). The fraction of sp³-hybridized carbons (Fsp3) is 0.385. The molecule has 0 atom stereocenters. The Hall–Kier alpha value is -1.29. The highest BCUT2D eigenvalue weighted by atomic mass is 32.2. The number of hydrogen-bond donors (Lipinski definition) is 0. The van der Waals surface area contributed by atoms with Crippen LogP contribution in [0.15, 0.2) is 33.9 Å². The molecule has 0 saturated carbocycles. The van der Waals surface area contributed by atoms with Gasteiger partial charge in [0.1, 0.15) is 0 Å². The van der Waals surface area contributed by atoms with Gasteiger partial charge in [-0.1, -0.05) is 50.2 Å². The van der Waals surface area contributed by atoms with Crippen LogP contribution in [0.4, 0.5) is 0 Å². The van der Waals surface area contributed by atoms with Gasteiger partial charge in [0.25, 0.3) is 5.22 Å². The monoisotopic (exact) mass is 248 g/mol. The van der Waals surface area contributed by atoms with Gasteiger partial charge in [0.15, 0.2) is 0 Å². The Morgan fingerprint density at radius 1 is 1.06 bits per heavy atom. The van der Waals surface area contributed by atoms with E-state index < -0.39 is 0 Å². The van der Waals surface area contributed by atoms with E-state index in [0.29, 0.717) is 11.1 Å². The molecule has 0 spiro atoms. The van der Waals surface area contributed by atoms with Gasteiger partial charge in [0.2, 0.25) is 5.89 Å². The van der Waals surface area contributed by atoms with Crippen LogP contribution >= 0.6 is 11.8 Å². The highest BCUT2D eigenvalue weighted by molar-refractivity contribution is 8.00. The first-order valence-corrected chi connectivity index (χ1v) is 6.35. The molecule has 0 N–H and O–H groups in total. The molecule has 0 radical (unpaired) electrons. The molecule has 0 unspecified atom stereocenters. The summed E-state index contributed by atoms with van der Waals surface area (Å²) in [4.78, 5) is 0. The van der Waals surface area contributed by atoms with Gasteiger partial charge in [0.05, 0.1) is 0 Å². The molecule has 0 saturated heterocycles. The van der Waals surface area contributed by atoms with Crippen LogP contribution in [-0.4, -0.2) is 14.9 Å². The molecule has 17 heavy (non-hydrogen) atoms. The summed E-state index contributed by atoms with van der Waals surface area (Å²) in [5.41, 5.74) is 2.18. The van der Waals surface area contributed by atoms with Crippen LogP contribution in [0.2, 0.25) is 0 Å². The van der Waals surface area contributed by atoms with E-state index in [1.807, 2.05) is 24.3 Å². The molecule has 0 aliphatic heterocycles. The van der Waals surface area contributed by atoms with Gasteiger partial charge >= 0.3 is 0 Å². The van der Waals surface area contributed by atoms with E-state index >= 15 is 0 Å². The standard InChI is InChI=1S/C13H16N2OS/c1-9-5-7-10(8-6-9)11-14-15-12(16-11)17-13(2,3)4/h5-8H,1-4H3. The van der Waals surface area contributed by atoms with Gasteiger partial charge in [-0.3, -0.25) is 0 Å². The molecule has 0 aliphatic carbocycles. The highest BCUT2D eigenvalue weighted by Gasteiger charge is 2.17. The molecule has 1 aromatic heterocycles. The minimum absolute atomic E-state index is 0.0804. The second kappa shape index (κ2) is 4.53. The minimum atomic E-state index is 0.0804. The van der Waals surface area contributed by atoms with Crippen LogP contribution in [0.25, 0.3) is 11.5 Å². The predicted molar refractivity (Wildman–Crippen MR) is 70.1 cm³/mol. The van der Waals surface area contributed by atoms with Gasteiger partial charge in [-0.05, 0) is 19.1 Å². The molecule has 0 amide bonds. The molecule has 3 nitrogen and oxygen atoms in total. The largest absolute Gasteiger partial charge is 0.411 e. The lowest BCUT2D eigenvalue weighted by Crippen LogP contribution is -2.06. The topological polar surface area (TPSA) is 38.9 Å². The maximum atomic E-state index is 5.63. The summed E-state index contributed by atoms with van der Waals surface area (Å²) in [6.07, 6.45) is 0. The quantitative estimate of drug-likeness (QED) is 0.755. The van der Waals surface area contributed by atoms with Crippen molar-refractivity contribution in [2.75, 3.05) is 0 Å². The Balaban J connectivity index is 2.21. The molecular formula is C13H16N2OS. The summed E-state index contributed by atoms with van der Waals surface area (Å²) in [7, 11) is 0. The molecule has 0 bridgehead atoms. The van der Waals surface area contributed by atoms with Gasteiger partial charge in [-0.15, -0.1) is 10.2 Å². The Morgan fingerprint density at radius 3 is 2.29 bits per heavy atom. The van der Waals surface area contributed by atoms with E-state index in [0.717, 1.165) is 5.56 Å². The van der Waals surface area contributed by atoms with Crippen molar-refractivity contribution in [3.05, 3.63) is 29.8 Å². The van der Waals surface area contributed by atoms with E-state index in [-0.39, 0.29) is 4.75 Å². The maximum absolute atomic E-state index is 5.63. The summed E-state index contributed by atoms with van der Waals surface area (Å²) < 4.78 is 5.71. The van der Waals surface area contributed by atoms with Gasteiger partial charge < -0.3 is 4.42 Å². The number of nitrogens with zero attached hydrogens (tertiary/aromatic N) is 2. The third-order valence-corrected chi connectivity index (χ3v) is 3.05. The Morgan fingerprint density at radius 2 is 1.71 bits per heavy atom. The van der Waals surface area contributed by atoms with Gasteiger partial charge in [-0.25, -0.2) is 0 Å². The first kappa shape index (κ1) is 12.2. The van der Waals surface area contributed by atoms with Crippen molar-refractivity contribution in [2.24, 2.45) is 0 Å². The second-order valence-corrected chi connectivity index (χ2v) is 6.73. The normalized spacial score (nSPS) is 11.8. The van der Waals surface area contributed by atoms with E-state index in [2.05, 4.69) is 37.9 Å². The van der Waals surface area contributed by atoms with Crippen molar-refractivity contribution < 1.29 is 4.42 Å². The van der Waals surface area contributed by atoms with Crippen LogP contribution in [0, 0.1) is 6.92 Å². The fourth-order valence-electron chi connectivity index (χ4n) is 1.33. The summed E-state index contributed by atoms with van der Waals surface area (Å²) in [6, 6.07) is 8.06. The zero-order valence-electron chi connectivity index (χ0n) is 10.5. The average molecular weight is 248 g/mol. The van der Waals surface area contributed by atoms with Crippen molar-refractivity contribution in [3.8, 4) is 11.5 Å². The van der Waals surface area contributed by atoms with Crippen LogP contribution < -0.4 is 0 Å². The third-order valence-electron chi connectivity index (χ3n) is 2.10. The van der Waals surface area contributed by atoms with Gasteiger partial charge in [0, 0.05) is 10.3 Å². The molecule has 2 aromatic rings. The fourth-order valence-corrected chi connectivity index (χ4v) is 2.05. The van der Waals surface area contributed by atoms with Crippen molar-refractivity contribution in [3.63, 3.8) is 0 Å². The van der Waals surface area contributed by atoms with E-state index in [1.165, 1.54) is 5.56 Å². The Labute approximate surface area is 106 Å². The summed E-state index contributed by atoms with van der Waals surface area (Å²) >= 11 is 1.58. The molecule has 0 fully saturated rings. The number of aromatic nitrogens is 2. The summed E-state index contributed by atoms with van der Waals surface area (Å²) in [6.45, 7) is 8.41. The van der Waals surface area contributed by atoms with Crippen LogP contribution in [-0.2, 0) is 0 Å². The number of benzene rings is 1. The molecule has 90 valence electrons. The lowest BCUT2D eigenvalue weighted by molar-refractivity contribution is 0.463. The van der Waals surface area contributed by atoms with E-state index in [4.69, 9.17) is 4.42 Å². The number of rotatable bonds is 2. The zero-order valence-corrected chi connectivity index (χ0v) is 11.3. The smallest absolute Gasteiger partial charge is 0.277 e. The second-order valence-electron chi connectivity index (χ2n) is 4.95. The average Bonchev–Trinajstić information content (AvgIpc) is 2.64. The van der Waals surface area contributed by atoms with Crippen LogP contribution in [0.3, 0.4) is 0 Å². The van der Waals surface area contributed by atoms with E-state index in [9.17, 15) is 0 Å². The molecule has 1 heterocycles. The number of hydrogen-bond acceptors (Lipinski definition) is 4. The Kier molecular flexibility index (Phi) is 3.24. The van der Waals surface area contributed by atoms with Gasteiger partial charge in [-0.2, -0.15) is 0 Å². The van der Waals surface area contributed by atoms with Crippen molar-refractivity contribution in [1.82, 2.24) is 10.2 Å². The van der Waals surface area contributed by atoms with Crippen LogP contribution in [0.5, 0.6) is 0 Å². The van der Waals surface area contributed by atoms with E-state index in [1.54, 1.807) is 11.8 Å². The Bertz CT molecular complexity index is 497. The molecular weight excluding hydrogens is 232 g/mol. The maximum Gasteiger partial charge on any atom is 0.277 e. The first-order chi connectivity index (χ1) is 7.94. The number of aryl methyl sites for hydroxylation is 1. The number of thioether (sulfide) groups is 1. The SMILES string of the molecule is Cc1ccc(-c2nnc(SC(C)(C)C)o2)cc1. The zero-order chi connectivity index (χ0) is 12.5. The third kappa shape index (κ3) is 3.33. The highest BCUT2D eigenvalue weighted by Crippen LogP contribution is 2.32. The van der Waals surface area contributed by atoms with Crippen molar-refractivity contribution in [1.29, 1.82) is 0 Å². The molecule has 1 aromatic carbocycles. The first-order valence-electron chi connectivity index (χ1n) is 5.54. The van der Waals surface area contributed by atoms with Crippen LogP contribution in [0.1, 0.15) is 26.3 Å². The van der Waals surface area contributed by atoms with Crippen molar-refractivity contribution >= 4 is 11.8 Å². The summed E-state index contributed by atoms with van der Waals surface area (Å²) in [5, 5.41) is 8.73.